The van der Waals surface area contributed by atoms with Crippen molar-refractivity contribution in [2.45, 2.75) is 19.3 Å². The number of hydrogen-bond acceptors (Lipinski definition) is 4. The van der Waals surface area contributed by atoms with Gasteiger partial charge >= 0.3 is 5.97 Å². The molecule has 0 spiro atoms. The first kappa shape index (κ1) is 13.1. The van der Waals surface area contributed by atoms with Crippen LogP contribution in [0.5, 0.6) is 0 Å². The van der Waals surface area contributed by atoms with Crippen LogP contribution in [0.15, 0.2) is 16.5 Å². The maximum Gasteiger partial charge on any atom is 0.304 e. The molecule has 0 aliphatic carbocycles. The van der Waals surface area contributed by atoms with Crippen LogP contribution in [0, 0.1) is 6.92 Å². The molecule has 1 aromatic rings. The van der Waals surface area contributed by atoms with Crippen molar-refractivity contribution >= 4 is 5.97 Å². The maximum atomic E-state index is 10.9. The average molecular weight is 253 g/mol. The number of aliphatic carboxylic acids is 1. The summed E-state index contributed by atoms with van der Waals surface area (Å²) in [4.78, 5) is 13.2. The number of aryl methyl sites for hydroxylation is 1. The Kier molecular flexibility index (Phi) is 4.38. The summed E-state index contributed by atoms with van der Waals surface area (Å²) in [6, 6.07) is 3.76. The molecule has 1 aliphatic heterocycles. The number of hydrogen-bond donors (Lipinski definition) is 1. The molecule has 0 aromatic carbocycles. The topological polar surface area (TPSA) is 62.9 Å². The Labute approximate surface area is 106 Å². The van der Waals surface area contributed by atoms with Gasteiger partial charge in [0.05, 0.1) is 19.6 Å². The van der Waals surface area contributed by atoms with Gasteiger partial charge in [-0.25, -0.2) is 0 Å². The second kappa shape index (κ2) is 6.02. The zero-order chi connectivity index (χ0) is 13.0. The smallest absolute Gasteiger partial charge is 0.304 e. The lowest BCUT2D eigenvalue weighted by atomic mass is 10.0. The number of nitrogens with zero attached hydrogens (tertiary/aromatic N) is 1. The molecule has 100 valence electrons. The number of carboxylic acid groups (broad SMARTS) is 1. The van der Waals surface area contributed by atoms with Crippen molar-refractivity contribution in [1.82, 2.24) is 4.90 Å². The van der Waals surface area contributed by atoms with Crippen LogP contribution in [0.3, 0.4) is 0 Å². The molecular weight excluding hydrogens is 234 g/mol. The zero-order valence-electron chi connectivity index (χ0n) is 10.6. The second-order valence-corrected chi connectivity index (χ2v) is 4.66. The minimum atomic E-state index is -0.790. The molecular formula is C13H19NO4. The van der Waals surface area contributed by atoms with E-state index in [4.69, 9.17) is 14.3 Å². The van der Waals surface area contributed by atoms with E-state index in [0.29, 0.717) is 6.54 Å². The van der Waals surface area contributed by atoms with Gasteiger partial charge in [0.2, 0.25) is 0 Å². The van der Waals surface area contributed by atoms with E-state index < -0.39 is 5.97 Å². The van der Waals surface area contributed by atoms with Gasteiger partial charge in [-0.1, -0.05) is 0 Å². The predicted molar refractivity (Wildman–Crippen MR) is 65.7 cm³/mol. The van der Waals surface area contributed by atoms with E-state index in [1.165, 1.54) is 0 Å². The summed E-state index contributed by atoms with van der Waals surface area (Å²) in [6.45, 7) is 5.73. The molecule has 1 N–H and O–H groups in total. The predicted octanol–water partition coefficient (Wildman–Crippen LogP) is 1.48. The van der Waals surface area contributed by atoms with Crippen LogP contribution < -0.4 is 0 Å². The van der Waals surface area contributed by atoms with Gasteiger partial charge in [-0.15, -0.1) is 0 Å². The molecule has 1 atom stereocenters. The van der Waals surface area contributed by atoms with Crippen LogP contribution >= 0.6 is 0 Å². The Morgan fingerprint density at radius 3 is 2.72 bits per heavy atom. The SMILES string of the molecule is Cc1ccc(C(CC(=O)O)CN2CCOCC2)o1. The highest BCUT2D eigenvalue weighted by Crippen LogP contribution is 2.23. The highest BCUT2D eigenvalue weighted by Gasteiger charge is 2.23. The van der Waals surface area contributed by atoms with Gasteiger partial charge in [0.1, 0.15) is 11.5 Å². The summed E-state index contributed by atoms with van der Waals surface area (Å²) < 4.78 is 10.9. The number of rotatable bonds is 5. The van der Waals surface area contributed by atoms with Gasteiger partial charge < -0.3 is 14.3 Å². The number of carbonyl (C=O) groups is 1. The third kappa shape index (κ3) is 3.58. The quantitative estimate of drug-likeness (QED) is 0.861. The Morgan fingerprint density at radius 2 is 2.17 bits per heavy atom. The molecule has 2 rings (SSSR count). The van der Waals surface area contributed by atoms with Crippen molar-refractivity contribution < 1.29 is 19.1 Å². The summed E-state index contributed by atoms with van der Waals surface area (Å²) >= 11 is 0. The molecule has 0 amide bonds. The summed E-state index contributed by atoms with van der Waals surface area (Å²) in [7, 11) is 0. The van der Waals surface area contributed by atoms with Crippen molar-refractivity contribution in [2.24, 2.45) is 0 Å². The average Bonchev–Trinajstić information content (AvgIpc) is 2.76. The van der Waals surface area contributed by atoms with Gasteiger partial charge in [-0.3, -0.25) is 9.69 Å². The minimum absolute atomic E-state index is 0.0886. The van der Waals surface area contributed by atoms with Gasteiger partial charge in [0.15, 0.2) is 0 Å². The lowest BCUT2D eigenvalue weighted by Crippen LogP contribution is -2.39. The molecule has 0 bridgehead atoms. The Morgan fingerprint density at radius 1 is 1.44 bits per heavy atom. The largest absolute Gasteiger partial charge is 0.481 e. The van der Waals surface area contributed by atoms with Crippen molar-refractivity contribution in [3.8, 4) is 0 Å². The maximum absolute atomic E-state index is 10.9. The van der Waals surface area contributed by atoms with Crippen molar-refractivity contribution in [1.29, 1.82) is 0 Å². The minimum Gasteiger partial charge on any atom is -0.481 e. The zero-order valence-corrected chi connectivity index (χ0v) is 10.6. The van der Waals surface area contributed by atoms with Crippen LogP contribution in [-0.4, -0.2) is 48.8 Å². The van der Waals surface area contributed by atoms with E-state index in [2.05, 4.69) is 4.90 Å². The fraction of sp³-hybridized carbons (Fsp3) is 0.615. The van der Waals surface area contributed by atoms with Crippen molar-refractivity contribution in [3.63, 3.8) is 0 Å². The van der Waals surface area contributed by atoms with E-state index in [9.17, 15) is 4.79 Å². The molecule has 2 heterocycles. The van der Waals surface area contributed by atoms with Gasteiger partial charge in [-0.2, -0.15) is 0 Å². The number of ether oxygens (including phenoxy) is 1. The lowest BCUT2D eigenvalue weighted by molar-refractivity contribution is -0.137. The molecule has 1 fully saturated rings. The Balaban J connectivity index is 2.02. The molecule has 0 saturated carbocycles. The van der Waals surface area contributed by atoms with Crippen LogP contribution in [0.1, 0.15) is 23.9 Å². The van der Waals surface area contributed by atoms with Gasteiger partial charge in [0, 0.05) is 25.6 Å². The molecule has 1 aromatic heterocycles. The van der Waals surface area contributed by atoms with Crippen LogP contribution in [0.25, 0.3) is 0 Å². The Hall–Kier alpha value is -1.33. The second-order valence-electron chi connectivity index (χ2n) is 4.66. The molecule has 5 heteroatoms. The molecule has 5 nitrogen and oxygen atoms in total. The monoisotopic (exact) mass is 253 g/mol. The summed E-state index contributed by atoms with van der Waals surface area (Å²) in [5.41, 5.74) is 0. The third-order valence-corrected chi connectivity index (χ3v) is 3.17. The highest BCUT2D eigenvalue weighted by atomic mass is 16.5. The fourth-order valence-electron chi connectivity index (χ4n) is 2.23. The molecule has 18 heavy (non-hydrogen) atoms. The Bertz CT molecular complexity index is 395. The van der Waals surface area contributed by atoms with Crippen molar-refractivity contribution in [2.75, 3.05) is 32.8 Å². The molecule has 0 radical (unpaired) electrons. The van der Waals surface area contributed by atoms with E-state index >= 15 is 0 Å². The standard InChI is InChI=1S/C13H19NO4/c1-10-2-3-12(18-10)11(8-13(15)16)9-14-4-6-17-7-5-14/h2-3,11H,4-9H2,1H3,(H,15,16). The fourth-order valence-corrected chi connectivity index (χ4v) is 2.23. The summed E-state index contributed by atoms with van der Waals surface area (Å²) in [6.07, 6.45) is 0.101. The van der Waals surface area contributed by atoms with E-state index in [1.54, 1.807) is 0 Å². The molecule has 1 saturated heterocycles. The number of morpholine rings is 1. The molecule has 1 aliphatic rings. The van der Waals surface area contributed by atoms with Gasteiger partial charge in [0.25, 0.3) is 0 Å². The summed E-state index contributed by atoms with van der Waals surface area (Å²) in [5, 5.41) is 9.00. The van der Waals surface area contributed by atoms with Gasteiger partial charge in [-0.05, 0) is 19.1 Å². The number of carboxylic acids is 1. The van der Waals surface area contributed by atoms with E-state index in [1.807, 2.05) is 19.1 Å². The lowest BCUT2D eigenvalue weighted by Gasteiger charge is -2.29. The van der Waals surface area contributed by atoms with Crippen LogP contribution in [0.4, 0.5) is 0 Å². The highest BCUT2D eigenvalue weighted by molar-refractivity contribution is 5.67. The van der Waals surface area contributed by atoms with Crippen LogP contribution in [-0.2, 0) is 9.53 Å². The normalized spacial score (nSPS) is 18.7. The van der Waals surface area contributed by atoms with E-state index in [-0.39, 0.29) is 12.3 Å². The first-order chi connectivity index (χ1) is 8.65. The number of furan rings is 1. The summed E-state index contributed by atoms with van der Waals surface area (Å²) in [5.74, 6) is 0.709. The first-order valence-electron chi connectivity index (χ1n) is 6.23. The van der Waals surface area contributed by atoms with Crippen LogP contribution in [0.2, 0.25) is 0 Å². The van der Waals surface area contributed by atoms with Crippen molar-refractivity contribution in [3.05, 3.63) is 23.7 Å². The first-order valence-corrected chi connectivity index (χ1v) is 6.23. The third-order valence-electron chi connectivity index (χ3n) is 3.17. The molecule has 1 unspecified atom stereocenters. The van der Waals surface area contributed by atoms with E-state index in [0.717, 1.165) is 37.8 Å².